The topological polar surface area (TPSA) is 234 Å². The van der Waals surface area contributed by atoms with Crippen molar-refractivity contribution in [3.05, 3.63) is 66.7 Å². The molecule has 0 aliphatic heterocycles. The summed E-state index contributed by atoms with van der Waals surface area (Å²) in [6.07, 6.45) is 0. The van der Waals surface area contributed by atoms with Gasteiger partial charge in [-0.3, -0.25) is 4.55 Å². The van der Waals surface area contributed by atoms with Crippen molar-refractivity contribution in [3.8, 4) is 17.2 Å². The number of azo groups is 2. The van der Waals surface area contributed by atoms with E-state index in [0.29, 0.717) is 11.1 Å². The van der Waals surface area contributed by atoms with E-state index in [0.717, 1.165) is 6.07 Å². The SMILES string of the molecule is CCS(=O)(=O)c1ccc2c(S(=O)(=O)O)c(N=Nc3c(NC)ccc4c(O)c(N=Nc5cc(OC)c(S(=O)(=O)CC)cc5O)ccc34)ccc2c1. The summed E-state index contributed by atoms with van der Waals surface area (Å²) in [5.74, 6) is -1.23. The first-order valence-electron chi connectivity index (χ1n) is 14.8. The Kier molecular flexibility index (Phi) is 9.84. The van der Waals surface area contributed by atoms with Gasteiger partial charge in [-0.05, 0) is 47.9 Å². The van der Waals surface area contributed by atoms with Gasteiger partial charge < -0.3 is 20.3 Å². The van der Waals surface area contributed by atoms with Gasteiger partial charge in [0.2, 0.25) is 0 Å². The zero-order chi connectivity index (χ0) is 36.6. The van der Waals surface area contributed by atoms with E-state index in [1.165, 1.54) is 63.4 Å². The summed E-state index contributed by atoms with van der Waals surface area (Å²) < 4.78 is 90.0. The van der Waals surface area contributed by atoms with Crippen LogP contribution in [0, 0.1) is 0 Å². The fraction of sp³-hybridized carbons (Fsp3) is 0.188. The second-order valence-electron chi connectivity index (χ2n) is 10.7. The molecule has 0 aromatic heterocycles. The molecule has 0 saturated carbocycles. The third kappa shape index (κ3) is 6.82. The molecule has 5 aromatic carbocycles. The zero-order valence-electron chi connectivity index (χ0n) is 27.0. The predicted molar refractivity (Wildman–Crippen MR) is 187 cm³/mol. The molecule has 0 aliphatic carbocycles. The standard InChI is InChI=1S/C32H31N5O10S3/c1-5-48(40,41)19-8-9-20-18(15-19)7-12-25(32(20)50(44,45)46)35-37-30-21-10-14-24(31(39)22(21)11-13-23(30)33-3)34-36-26-16-28(47-4)29(17-27(26)38)49(42,43)6-2/h7-17,33,38-39H,5-6H2,1-4H3,(H,44,45,46). The summed E-state index contributed by atoms with van der Waals surface area (Å²) in [4.78, 5) is -0.789. The lowest BCUT2D eigenvalue weighted by Gasteiger charge is -2.12. The van der Waals surface area contributed by atoms with E-state index in [2.05, 4.69) is 25.8 Å². The second-order valence-corrected chi connectivity index (χ2v) is 16.6. The van der Waals surface area contributed by atoms with E-state index < -0.39 is 40.4 Å². The minimum atomic E-state index is -4.87. The highest BCUT2D eigenvalue weighted by Crippen LogP contribution is 2.44. The van der Waals surface area contributed by atoms with Crippen molar-refractivity contribution < 1.29 is 44.8 Å². The summed E-state index contributed by atoms with van der Waals surface area (Å²) in [7, 11) is -9.30. The van der Waals surface area contributed by atoms with Crippen molar-refractivity contribution in [1.29, 1.82) is 0 Å². The highest BCUT2D eigenvalue weighted by molar-refractivity contribution is 7.91. The quantitative estimate of drug-likeness (QED) is 0.0786. The van der Waals surface area contributed by atoms with Gasteiger partial charge in [0, 0.05) is 35.3 Å². The van der Waals surface area contributed by atoms with Gasteiger partial charge in [0.15, 0.2) is 25.4 Å². The number of nitrogens with one attached hydrogen (secondary N) is 1. The number of anilines is 1. The van der Waals surface area contributed by atoms with Crippen molar-refractivity contribution in [2.75, 3.05) is 31.0 Å². The van der Waals surface area contributed by atoms with E-state index in [1.54, 1.807) is 25.2 Å². The molecule has 0 spiro atoms. The number of aromatic hydroxyl groups is 2. The molecule has 5 rings (SSSR count). The number of rotatable bonds is 11. The normalized spacial score (nSPS) is 12.7. The van der Waals surface area contributed by atoms with Crippen LogP contribution in [0.4, 0.5) is 28.4 Å². The Morgan fingerprint density at radius 2 is 1.32 bits per heavy atom. The third-order valence-corrected chi connectivity index (χ3v) is 12.2. The monoisotopic (exact) mass is 741 g/mol. The van der Waals surface area contributed by atoms with Gasteiger partial charge in [-0.1, -0.05) is 26.0 Å². The van der Waals surface area contributed by atoms with Crippen LogP contribution in [0.25, 0.3) is 21.5 Å². The summed E-state index contributed by atoms with van der Waals surface area (Å²) >= 11 is 0. The Morgan fingerprint density at radius 3 is 1.96 bits per heavy atom. The van der Waals surface area contributed by atoms with Crippen LogP contribution in [0.2, 0.25) is 0 Å². The maximum atomic E-state index is 12.6. The fourth-order valence-corrected chi connectivity index (χ4v) is 7.92. The minimum absolute atomic E-state index is 0.00634. The molecule has 5 aromatic rings. The number of methoxy groups -OCH3 is 1. The van der Waals surface area contributed by atoms with Crippen LogP contribution in [0.15, 0.2) is 102 Å². The minimum Gasteiger partial charge on any atom is -0.506 e. The molecule has 0 unspecified atom stereocenters. The number of sulfone groups is 2. The first kappa shape index (κ1) is 36.1. The largest absolute Gasteiger partial charge is 0.506 e. The lowest BCUT2D eigenvalue weighted by Crippen LogP contribution is -2.05. The van der Waals surface area contributed by atoms with E-state index in [4.69, 9.17) is 4.74 Å². The van der Waals surface area contributed by atoms with Crippen molar-refractivity contribution >= 4 is 79.8 Å². The Labute approximate surface area is 287 Å². The van der Waals surface area contributed by atoms with Gasteiger partial charge in [-0.25, -0.2) is 16.8 Å². The van der Waals surface area contributed by atoms with Crippen LogP contribution in [0.5, 0.6) is 17.2 Å². The molecular weight excluding hydrogens is 711 g/mol. The first-order valence-corrected chi connectivity index (χ1v) is 19.5. The van der Waals surface area contributed by atoms with Gasteiger partial charge in [0.25, 0.3) is 10.1 Å². The molecule has 0 saturated heterocycles. The number of phenolic OH excluding ortho intramolecular Hbond substituents is 2. The third-order valence-electron chi connectivity index (χ3n) is 7.81. The van der Waals surface area contributed by atoms with E-state index in [1.807, 2.05) is 0 Å². The summed E-state index contributed by atoms with van der Waals surface area (Å²) in [5, 5.41) is 41.9. The number of hydrogen-bond acceptors (Lipinski definition) is 14. The molecule has 0 fully saturated rings. The summed E-state index contributed by atoms with van der Waals surface area (Å²) in [5.41, 5.74) is 0.258. The van der Waals surface area contributed by atoms with Crippen LogP contribution < -0.4 is 10.1 Å². The van der Waals surface area contributed by atoms with Gasteiger partial charge in [-0.15, -0.1) is 20.5 Å². The van der Waals surface area contributed by atoms with Crippen LogP contribution in [-0.2, 0) is 29.8 Å². The van der Waals surface area contributed by atoms with E-state index in [-0.39, 0.29) is 71.7 Å². The molecule has 50 heavy (non-hydrogen) atoms. The highest BCUT2D eigenvalue weighted by Gasteiger charge is 2.23. The molecular formula is C32H31N5O10S3. The van der Waals surface area contributed by atoms with Crippen molar-refractivity contribution in [2.24, 2.45) is 20.5 Å². The fourth-order valence-electron chi connectivity index (χ4n) is 5.12. The average molecular weight is 742 g/mol. The Hall–Kier alpha value is -5.17. The average Bonchev–Trinajstić information content (AvgIpc) is 3.09. The molecule has 0 bridgehead atoms. The Bertz CT molecular complexity index is 2570. The van der Waals surface area contributed by atoms with Crippen LogP contribution in [0.1, 0.15) is 13.8 Å². The highest BCUT2D eigenvalue weighted by atomic mass is 32.2. The molecule has 4 N–H and O–H groups in total. The van der Waals surface area contributed by atoms with E-state index >= 15 is 0 Å². The van der Waals surface area contributed by atoms with Gasteiger partial charge in [-0.2, -0.15) is 8.42 Å². The lowest BCUT2D eigenvalue weighted by atomic mass is 10.1. The number of fused-ring (bicyclic) bond motifs is 2. The number of hydrogen-bond donors (Lipinski definition) is 4. The predicted octanol–water partition coefficient (Wildman–Crippen LogP) is 7.12. The van der Waals surface area contributed by atoms with Crippen molar-refractivity contribution in [3.63, 3.8) is 0 Å². The van der Waals surface area contributed by atoms with Crippen LogP contribution >= 0.6 is 0 Å². The summed E-state index contributed by atoms with van der Waals surface area (Å²) in [6, 6.07) is 14.9. The van der Waals surface area contributed by atoms with Crippen LogP contribution in [-0.4, -0.2) is 65.7 Å². The number of nitrogens with zero attached hydrogens (tertiary/aromatic N) is 4. The first-order chi connectivity index (χ1) is 23.6. The molecule has 0 radical (unpaired) electrons. The van der Waals surface area contributed by atoms with Crippen molar-refractivity contribution in [2.45, 2.75) is 28.5 Å². The molecule has 15 nitrogen and oxygen atoms in total. The number of phenols is 2. The Morgan fingerprint density at radius 1 is 0.700 bits per heavy atom. The maximum Gasteiger partial charge on any atom is 0.297 e. The van der Waals surface area contributed by atoms with E-state index in [9.17, 15) is 40.0 Å². The summed E-state index contributed by atoms with van der Waals surface area (Å²) in [6.45, 7) is 2.94. The van der Waals surface area contributed by atoms with Gasteiger partial charge in [0.1, 0.15) is 44.0 Å². The zero-order valence-corrected chi connectivity index (χ0v) is 29.4. The van der Waals surface area contributed by atoms with Gasteiger partial charge in [0.05, 0.1) is 29.2 Å². The smallest absolute Gasteiger partial charge is 0.297 e. The lowest BCUT2D eigenvalue weighted by molar-refractivity contribution is 0.399. The van der Waals surface area contributed by atoms with Crippen molar-refractivity contribution in [1.82, 2.24) is 0 Å². The maximum absolute atomic E-state index is 12.6. The second kappa shape index (κ2) is 13.6. The molecule has 18 heteroatoms. The molecule has 0 heterocycles. The molecule has 0 amide bonds. The van der Waals surface area contributed by atoms with Gasteiger partial charge >= 0.3 is 0 Å². The molecule has 0 aliphatic rings. The molecule has 0 atom stereocenters. The van der Waals surface area contributed by atoms with Crippen LogP contribution in [0.3, 0.4) is 0 Å². The number of ether oxygens (including phenoxy) is 1. The number of benzene rings is 5. The Balaban J connectivity index is 1.59. The molecule has 262 valence electrons.